The Morgan fingerprint density at radius 1 is 1.47 bits per heavy atom. The van der Waals surface area contributed by atoms with Gasteiger partial charge in [0.05, 0.1) is 12.5 Å². The number of nitrogens with two attached hydrogens (primary N) is 1. The lowest BCUT2D eigenvalue weighted by Gasteiger charge is -2.34. The van der Waals surface area contributed by atoms with E-state index in [1.165, 1.54) is 31.2 Å². The van der Waals surface area contributed by atoms with Crippen LogP contribution in [-0.2, 0) is 0 Å². The van der Waals surface area contributed by atoms with E-state index >= 15 is 0 Å². The predicted octanol–water partition coefficient (Wildman–Crippen LogP) is 3.15. The summed E-state index contributed by atoms with van der Waals surface area (Å²) >= 11 is 0. The topological polar surface area (TPSA) is 39.2 Å². The highest BCUT2D eigenvalue weighted by Gasteiger charge is 2.30. The van der Waals surface area contributed by atoms with E-state index in [9.17, 15) is 0 Å². The van der Waals surface area contributed by atoms with Crippen molar-refractivity contribution in [3.05, 3.63) is 24.2 Å². The third-order valence-corrected chi connectivity index (χ3v) is 3.95. The zero-order chi connectivity index (χ0) is 10.7. The molecule has 2 heteroatoms. The maximum atomic E-state index is 5.86. The molecule has 0 saturated heterocycles. The Morgan fingerprint density at radius 2 is 2.33 bits per heavy atom. The van der Waals surface area contributed by atoms with Crippen molar-refractivity contribution in [2.75, 3.05) is 6.54 Å². The van der Waals surface area contributed by atoms with E-state index in [1.54, 1.807) is 6.26 Å². The normalized spacial score (nSPS) is 31.7. The Bertz CT molecular complexity index is 281. The van der Waals surface area contributed by atoms with Crippen molar-refractivity contribution in [2.45, 2.75) is 38.5 Å². The molecule has 15 heavy (non-hydrogen) atoms. The fourth-order valence-corrected chi connectivity index (χ4v) is 2.87. The molecule has 0 spiro atoms. The second kappa shape index (κ2) is 4.84. The first-order valence-electron chi connectivity index (χ1n) is 6.07. The highest BCUT2D eigenvalue weighted by molar-refractivity contribution is 5.15. The van der Waals surface area contributed by atoms with E-state index in [4.69, 9.17) is 10.2 Å². The zero-order valence-corrected chi connectivity index (χ0v) is 9.49. The van der Waals surface area contributed by atoms with Crippen LogP contribution in [0.1, 0.15) is 44.1 Å². The summed E-state index contributed by atoms with van der Waals surface area (Å²) in [4.78, 5) is 0. The highest BCUT2D eigenvalue weighted by Crippen LogP contribution is 2.41. The molecule has 3 unspecified atom stereocenters. The lowest BCUT2D eigenvalue weighted by atomic mass is 9.71. The van der Waals surface area contributed by atoms with Gasteiger partial charge in [-0.15, -0.1) is 0 Å². The van der Waals surface area contributed by atoms with Crippen molar-refractivity contribution in [3.8, 4) is 0 Å². The molecule has 2 N–H and O–H groups in total. The minimum atomic E-state index is 0.632. The highest BCUT2D eigenvalue weighted by atomic mass is 16.3. The van der Waals surface area contributed by atoms with E-state index in [-0.39, 0.29) is 0 Å². The first-order chi connectivity index (χ1) is 7.35. The molecule has 1 fully saturated rings. The fourth-order valence-electron chi connectivity index (χ4n) is 2.87. The molecule has 0 amide bonds. The summed E-state index contributed by atoms with van der Waals surface area (Å²) < 4.78 is 5.19. The van der Waals surface area contributed by atoms with Gasteiger partial charge in [0.2, 0.25) is 0 Å². The molecule has 0 bridgehead atoms. The van der Waals surface area contributed by atoms with E-state index in [0.717, 1.165) is 12.5 Å². The molecule has 2 rings (SSSR count). The van der Waals surface area contributed by atoms with Gasteiger partial charge in [0.25, 0.3) is 0 Å². The van der Waals surface area contributed by atoms with Gasteiger partial charge in [0.1, 0.15) is 0 Å². The van der Waals surface area contributed by atoms with Gasteiger partial charge in [-0.3, -0.25) is 0 Å². The summed E-state index contributed by atoms with van der Waals surface area (Å²) in [6.07, 6.45) is 8.89. The molecule has 1 aliphatic carbocycles. The van der Waals surface area contributed by atoms with Gasteiger partial charge < -0.3 is 10.2 Å². The molecule has 2 nitrogen and oxygen atoms in total. The smallest absolute Gasteiger partial charge is 0.0937 e. The van der Waals surface area contributed by atoms with Crippen LogP contribution in [0.25, 0.3) is 0 Å². The minimum absolute atomic E-state index is 0.632. The molecule has 1 aromatic rings. The summed E-state index contributed by atoms with van der Waals surface area (Å²) in [6.45, 7) is 3.10. The maximum Gasteiger partial charge on any atom is 0.0937 e. The average Bonchev–Trinajstić information content (AvgIpc) is 2.81. The van der Waals surface area contributed by atoms with Crippen LogP contribution in [0, 0.1) is 11.8 Å². The standard InChI is InChI=1S/C13H21NO/c1-2-10-3-4-11(8-14)13(7-10)12-5-6-15-9-12/h5-6,9-11,13H,2-4,7-8,14H2,1H3. The summed E-state index contributed by atoms with van der Waals surface area (Å²) in [5.41, 5.74) is 7.21. The first kappa shape index (κ1) is 10.7. The summed E-state index contributed by atoms with van der Waals surface area (Å²) in [6, 6.07) is 2.10. The zero-order valence-electron chi connectivity index (χ0n) is 9.49. The van der Waals surface area contributed by atoms with Crippen LogP contribution < -0.4 is 5.73 Å². The lowest BCUT2D eigenvalue weighted by molar-refractivity contribution is 0.235. The average molecular weight is 207 g/mol. The van der Waals surface area contributed by atoms with E-state index in [1.807, 2.05) is 6.26 Å². The third-order valence-electron chi connectivity index (χ3n) is 3.95. The van der Waals surface area contributed by atoms with Crippen molar-refractivity contribution in [1.29, 1.82) is 0 Å². The molecule has 0 radical (unpaired) electrons. The van der Waals surface area contributed by atoms with Crippen LogP contribution in [0.5, 0.6) is 0 Å². The monoisotopic (exact) mass is 207 g/mol. The van der Waals surface area contributed by atoms with Gasteiger partial charge in [-0.25, -0.2) is 0 Å². The van der Waals surface area contributed by atoms with E-state index < -0.39 is 0 Å². The van der Waals surface area contributed by atoms with Crippen LogP contribution in [0.15, 0.2) is 23.0 Å². The summed E-state index contributed by atoms with van der Waals surface area (Å²) in [5, 5.41) is 0. The SMILES string of the molecule is CCC1CCC(CN)C(c2ccoc2)C1. The van der Waals surface area contributed by atoms with Gasteiger partial charge in [0, 0.05) is 0 Å². The summed E-state index contributed by atoms with van der Waals surface area (Å²) in [7, 11) is 0. The second-order valence-corrected chi connectivity index (χ2v) is 4.75. The number of rotatable bonds is 3. The van der Waals surface area contributed by atoms with Crippen molar-refractivity contribution >= 4 is 0 Å². The number of hydrogen-bond acceptors (Lipinski definition) is 2. The van der Waals surface area contributed by atoms with Crippen LogP contribution in [0.2, 0.25) is 0 Å². The third kappa shape index (κ3) is 2.25. The van der Waals surface area contributed by atoms with Crippen LogP contribution in [0.3, 0.4) is 0 Å². The number of hydrogen-bond donors (Lipinski definition) is 1. The molecular formula is C13H21NO. The van der Waals surface area contributed by atoms with Crippen LogP contribution in [0.4, 0.5) is 0 Å². The largest absolute Gasteiger partial charge is 0.472 e. The van der Waals surface area contributed by atoms with Gasteiger partial charge in [0.15, 0.2) is 0 Å². The van der Waals surface area contributed by atoms with Gasteiger partial charge in [-0.2, -0.15) is 0 Å². The molecule has 1 aromatic heterocycles. The Labute approximate surface area is 91.8 Å². The Kier molecular flexibility index (Phi) is 3.47. The van der Waals surface area contributed by atoms with Gasteiger partial charge in [-0.1, -0.05) is 19.8 Å². The molecule has 0 aromatic carbocycles. The molecule has 3 atom stereocenters. The molecule has 0 aliphatic heterocycles. The Morgan fingerprint density at radius 3 is 2.93 bits per heavy atom. The first-order valence-corrected chi connectivity index (χ1v) is 6.07. The molecule has 1 aliphatic rings. The van der Waals surface area contributed by atoms with Crippen LogP contribution in [-0.4, -0.2) is 6.54 Å². The maximum absolute atomic E-state index is 5.86. The van der Waals surface area contributed by atoms with Crippen molar-refractivity contribution in [2.24, 2.45) is 17.6 Å². The Balaban J connectivity index is 2.10. The fraction of sp³-hybridized carbons (Fsp3) is 0.692. The molecule has 1 saturated carbocycles. The van der Waals surface area contributed by atoms with E-state index in [2.05, 4.69) is 13.0 Å². The molecule has 84 valence electrons. The van der Waals surface area contributed by atoms with Crippen molar-refractivity contribution in [1.82, 2.24) is 0 Å². The van der Waals surface area contributed by atoms with Gasteiger partial charge >= 0.3 is 0 Å². The van der Waals surface area contributed by atoms with Crippen molar-refractivity contribution in [3.63, 3.8) is 0 Å². The lowest BCUT2D eigenvalue weighted by Crippen LogP contribution is -2.28. The molecule has 1 heterocycles. The quantitative estimate of drug-likeness (QED) is 0.827. The molecular weight excluding hydrogens is 186 g/mol. The number of furan rings is 1. The van der Waals surface area contributed by atoms with Gasteiger partial charge in [-0.05, 0) is 48.8 Å². The predicted molar refractivity (Wildman–Crippen MR) is 61.6 cm³/mol. The minimum Gasteiger partial charge on any atom is -0.472 e. The Hall–Kier alpha value is -0.760. The van der Waals surface area contributed by atoms with Crippen LogP contribution >= 0.6 is 0 Å². The van der Waals surface area contributed by atoms with Crippen molar-refractivity contribution < 1.29 is 4.42 Å². The summed E-state index contributed by atoms with van der Waals surface area (Å²) in [5.74, 6) is 2.17. The second-order valence-electron chi connectivity index (χ2n) is 4.75. The van der Waals surface area contributed by atoms with E-state index in [0.29, 0.717) is 11.8 Å².